The Hall–Kier alpha value is -1.55. The Labute approximate surface area is 147 Å². The van der Waals surface area contributed by atoms with Gasteiger partial charge < -0.3 is 10.2 Å². The number of piperidine rings is 1. The van der Waals surface area contributed by atoms with Crippen molar-refractivity contribution in [2.75, 3.05) is 13.1 Å². The van der Waals surface area contributed by atoms with Crippen LogP contribution in [-0.2, 0) is 9.59 Å². The Morgan fingerprint density at radius 2 is 1.88 bits per heavy atom. The van der Waals surface area contributed by atoms with Gasteiger partial charge in [0.2, 0.25) is 11.8 Å². The van der Waals surface area contributed by atoms with Gasteiger partial charge in [0.1, 0.15) is 0 Å². The molecule has 24 heavy (non-hydrogen) atoms. The number of rotatable bonds is 4. The number of benzene rings is 1. The molecular weight excluding hydrogens is 324 g/mol. The standard InChI is InChI=1S/C19H23ClN2O2/c20-14-5-3-12(4-6-14)16-10-17(16)19(24)22-9-1-2-13(11-22)18(23)21-15-7-8-15/h3-6,13,15-17H,1-2,7-11H2,(H,21,23)/t13-,16-,17+/m1/s1. The average Bonchev–Trinajstić information content (AvgIpc) is 3.50. The topological polar surface area (TPSA) is 49.4 Å². The Balaban J connectivity index is 1.34. The van der Waals surface area contributed by atoms with Gasteiger partial charge in [-0.05, 0) is 55.7 Å². The zero-order valence-corrected chi connectivity index (χ0v) is 14.5. The van der Waals surface area contributed by atoms with Gasteiger partial charge in [0.15, 0.2) is 0 Å². The summed E-state index contributed by atoms with van der Waals surface area (Å²) < 4.78 is 0. The fraction of sp³-hybridized carbons (Fsp3) is 0.579. The van der Waals surface area contributed by atoms with E-state index in [-0.39, 0.29) is 23.7 Å². The SMILES string of the molecule is O=C(NC1CC1)[C@@H]1CCCN(C(=O)[C@H]2C[C@@H]2c2ccc(Cl)cc2)C1. The van der Waals surface area contributed by atoms with Gasteiger partial charge in [-0.3, -0.25) is 9.59 Å². The van der Waals surface area contributed by atoms with E-state index in [1.807, 2.05) is 29.2 Å². The quantitative estimate of drug-likeness (QED) is 0.911. The summed E-state index contributed by atoms with van der Waals surface area (Å²) in [7, 11) is 0. The number of carbonyl (C=O) groups excluding carboxylic acids is 2. The number of amides is 2. The van der Waals surface area contributed by atoms with E-state index in [0.29, 0.717) is 18.5 Å². The summed E-state index contributed by atoms with van der Waals surface area (Å²) in [6.45, 7) is 1.37. The van der Waals surface area contributed by atoms with Crippen molar-refractivity contribution in [2.24, 2.45) is 11.8 Å². The molecule has 3 aliphatic rings. The molecule has 0 unspecified atom stereocenters. The lowest BCUT2D eigenvalue weighted by molar-refractivity contribution is -0.136. The molecule has 0 radical (unpaired) electrons. The van der Waals surface area contributed by atoms with Gasteiger partial charge in [0.05, 0.1) is 5.92 Å². The Morgan fingerprint density at radius 1 is 1.12 bits per heavy atom. The van der Waals surface area contributed by atoms with E-state index in [9.17, 15) is 9.59 Å². The van der Waals surface area contributed by atoms with Crippen molar-refractivity contribution in [3.05, 3.63) is 34.9 Å². The molecule has 2 saturated carbocycles. The molecule has 5 heteroatoms. The zero-order valence-electron chi connectivity index (χ0n) is 13.7. The van der Waals surface area contributed by atoms with Gasteiger partial charge in [0.25, 0.3) is 0 Å². The molecule has 128 valence electrons. The van der Waals surface area contributed by atoms with Gasteiger partial charge >= 0.3 is 0 Å². The van der Waals surface area contributed by atoms with Gasteiger partial charge in [0, 0.05) is 30.1 Å². The molecule has 4 rings (SSSR count). The largest absolute Gasteiger partial charge is 0.353 e. The zero-order chi connectivity index (χ0) is 16.7. The van der Waals surface area contributed by atoms with Gasteiger partial charge in [-0.2, -0.15) is 0 Å². The van der Waals surface area contributed by atoms with E-state index >= 15 is 0 Å². The first-order valence-corrected chi connectivity index (χ1v) is 9.34. The molecule has 4 nitrogen and oxygen atoms in total. The van der Waals surface area contributed by atoms with Crippen molar-refractivity contribution in [1.29, 1.82) is 0 Å². The van der Waals surface area contributed by atoms with Crippen LogP contribution in [-0.4, -0.2) is 35.8 Å². The monoisotopic (exact) mass is 346 g/mol. The molecule has 3 fully saturated rings. The molecule has 2 aliphatic carbocycles. The third-order valence-electron chi connectivity index (χ3n) is 5.43. The second-order valence-electron chi connectivity index (χ2n) is 7.41. The highest BCUT2D eigenvalue weighted by molar-refractivity contribution is 6.30. The van der Waals surface area contributed by atoms with Crippen LogP contribution in [0.5, 0.6) is 0 Å². The van der Waals surface area contributed by atoms with E-state index in [2.05, 4.69) is 5.32 Å². The lowest BCUT2D eigenvalue weighted by Crippen LogP contribution is -2.46. The van der Waals surface area contributed by atoms with Crippen molar-refractivity contribution in [3.63, 3.8) is 0 Å². The summed E-state index contributed by atoms with van der Waals surface area (Å²) in [5, 5.41) is 3.80. The number of halogens is 1. The van der Waals surface area contributed by atoms with E-state index in [0.717, 1.165) is 43.7 Å². The summed E-state index contributed by atoms with van der Waals surface area (Å²) in [5.41, 5.74) is 1.19. The molecular formula is C19H23ClN2O2. The van der Waals surface area contributed by atoms with Crippen molar-refractivity contribution in [1.82, 2.24) is 10.2 Å². The molecule has 1 N–H and O–H groups in total. The summed E-state index contributed by atoms with van der Waals surface area (Å²) >= 11 is 5.93. The van der Waals surface area contributed by atoms with E-state index < -0.39 is 0 Å². The normalized spacial score (nSPS) is 29.2. The number of likely N-dealkylation sites (tertiary alicyclic amines) is 1. The fourth-order valence-electron chi connectivity index (χ4n) is 3.72. The number of hydrogen-bond donors (Lipinski definition) is 1. The van der Waals surface area contributed by atoms with Crippen LogP contribution >= 0.6 is 11.6 Å². The van der Waals surface area contributed by atoms with Crippen LogP contribution in [0.1, 0.15) is 43.6 Å². The third kappa shape index (κ3) is 3.44. The van der Waals surface area contributed by atoms with Crippen LogP contribution in [0.4, 0.5) is 0 Å². The minimum atomic E-state index is -0.0315. The summed E-state index contributed by atoms with van der Waals surface area (Å²) in [4.78, 5) is 27.0. The van der Waals surface area contributed by atoms with Crippen LogP contribution in [0.15, 0.2) is 24.3 Å². The summed E-state index contributed by atoms with van der Waals surface area (Å²) in [6.07, 6.45) is 4.94. The van der Waals surface area contributed by atoms with Gasteiger partial charge in [-0.1, -0.05) is 23.7 Å². The predicted octanol–water partition coefficient (Wildman–Crippen LogP) is 2.96. The van der Waals surface area contributed by atoms with Crippen molar-refractivity contribution >= 4 is 23.4 Å². The Kier molecular flexibility index (Phi) is 4.25. The molecule has 0 spiro atoms. The highest BCUT2D eigenvalue weighted by Gasteiger charge is 2.46. The third-order valence-corrected chi connectivity index (χ3v) is 5.69. The van der Waals surface area contributed by atoms with Crippen LogP contribution in [0.25, 0.3) is 0 Å². The second-order valence-corrected chi connectivity index (χ2v) is 7.84. The van der Waals surface area contributed by atoms with Crippen LogP contribution in [0, 0.1) is 11.8 Å². The molecule has 1 aromatic rings. The molecule has 1 aliphatic heterocycles. The molecule has 1 aromatic carbocycles. The molecule has 1 heterocycles. The predicted molar refractivity (Wildman–Crippen MR) is 92.8 cm³/mol. The average molecular weight is 347 g/mol. The van der Waals surface area contributed by atoms with Gasteiger partial charge in [-0.15, -0.1) is 0 Å². The molecule has 2 amide bonds. The first-order valence-electron chi connectivity index (χ1n) is 8.96. The number of nitrogens with one attached hydrogen (secondary N) is 1. The van der Waals surface area contributed by atoms with Crippen molar-refractivity contribution in [3.8, 4) is 0 Å². The fourth-order valence-corrected chi connectivity index (χ4v) is 3.84. The molecule has 1 saturated heterocycles. The van der Waals surface area contributed by atoms with Crippen LogP contribution in [0.2, 0.25) is 5.02 Å². The molecule has 0 bridgehead atoms. The molecule has 3 atom stereocenters. The number of carbonyl (C=O) groups is 2. The van der Waals surface area contributed by atoms with E-state index in [1.165, 1.54) is 5.56 Å². The van der Waals surface area contributed by atoms with Crippen LogP contribution in [0.3, 0.4) is 0 Å². The highest BCUT2D eigenvalue weighted by atomic mass is 35.5. The van der Waals surface area contributed by atoms with Gasteiger partial charge in [-0.25, -0.2) is 0 Å². The smallest absolute Gasteiger partial charge is 0.226 e. The lowest BCUT2D eigenvalue weighted by Gasteiger charge is -2.32. The number of nitrogens with zero attached hydrogens (tertiary/aromatic N) is 1. The summed E-state index contributed by atoms with van der Waals surface area (Å²) in [5.74, 6) is 0.724. The van der Waals surface area contributed by atoms with Crippen molar-refractivity contribution in [2.45, 2.75) is 44.1 Å². The Bertz CT molecular complexity index is 641. The minimum Gasteiger partial charge on any atom is -0.353 e. The maximum absolute atomic E-state index is 12.8. The van der Waals surface area contributed by atoms with Crippen LogP contribution < -0.4 is 5.32 Å². The van der Waals surface area contributed by atoms with Crippen molar-refractivity contribution < 1.29 is 9.59 Å². The maximum Gasteiger partial charge on any atom is 0.226 e. The highest BCUT2D eigenvalue weighted by Crippen LogP contribution is 2.49. The Morgan fingerprint density at radius 3 is 2.58 bits per heavy atom. The summed E-state index contributed by atoms with van der Waals surface area (Å²) in [6, 6.07) is 8.19. The van der Waals surface area contributed by atoms with E-state index in [4.69, 9.17) is 11.6 Å². The molecule has 0 aromatic heterocycles. The van der Waals surface area contributed by atoms with E-state index in [1.54, 1.807) is 0 Å². The maximum atomic E-state index is 12.8. The number of hydrogen-bond acceptors (Lipinski definition) is 2. The first-order chi connectivity index (χ1) is 11.6. The first kappa shape index (κ1) is 15.9. The minimum absolute atomic E-state index is 0.0315. The lowest BCUT2D eigenvalue weighted by atomic mass is 9.96. The second kappa shape index (κ2) is 6.40.